The lowest BCUT2D eigenvalue weighted by Crippen LogP contribution is -2.42. The molecule has 24 heavy (non-hydrogen) atoms. The molecule has 0 aromatic heterocycles. The van der Waals surface area contributed by atoms with E-state index >= 15 is 0 Å². The van der Waals surface area contributed by atoms with Crippen molar-refractivity contribution < 1.29 is 14.3 Å². The molecule has 1 amide bonds. The first kappa shape index (κ1) is 17.1. The lowest BCUT2D eigenvalue weighted by atomic mass is 10.0. The summed E-state index contributed by atoms with van der Waals surface area (Å²) in [5.41, 5.74) is 0.757. The summed E-state index contributed by atoms with van der Waals surface area (Å²) in [6.45, 7) is 2.66. The molecule has 0 bridgehead atoms. The Morgan fingerprint density at radius 3 is 2.75 bits per heavy atom. The molecule has 2 heterocycles. The predicted octanol–water partition coefficient (Wildman–Crippen LogP) is 2.02. The van der Waals surface area contributed by atoms with Crippen LogP contribution in [0.2, 0.25) is 0 Å². The van der Waals surface area contributed by atoms with Crippen LogP contribution in [0, 0.1) is 0 Å². The van der Waals surface area contributed by atoms with Gasteiger partial charge < -0.3 is 10.1 Å². The second-order valence-electron chi connectivity index (χ2n) is 6.70. The van der Waals surface area contributed by atoms with Gasteiger partial charge in [0, 0.05) is 31.2 Å². The number of amides is 1. The number of nitrogens with zero attached hydrogens (tertiary/aromatic N) is 1. The van der Waals surface area contributed by atoms with E-state index in [0.717, 1.165) is 44.4 Å². The van der Waals surface area contributed by atoms with E-state index in [1.165, 1.54) is 0 Å². The highest BCUT2D eigenvalue weighted by Gasteiger charge is 2.28. The molecule has 3 rings (SSSR count). The van der Waals surface area contributed by atoms with E-state index in [-0.39, 0.29) is 23.8 Å². The molecule has 1 aromatic rings. The molecule has 5 heteroatoms. The van der Waals surface area contributed by atoms with Crippen LogP contribution in [0.15, 0.2) is 30.3 Å². The standard InChI is InChI=1S/C19H26N2O3/c22-18(15-6-2-1-3-7-15)12-16-8-4-10-21(16)14-19(23)20-13-17-9-5-11-24-17/h1-3,6-7,16-17H,4-5,8-14H2,(H,20,23)/t16-,17+/m1/s1. The summed E-state index contributed by atoms with van der Waals surface area (Å²) in [4.78, 5) is 26.7. The van der Waals surface area contributed by atoms with Gasteiger partial charge in [0.05, 0.1) is 12.6 Å². The first-order valence-corrected chi connectivity index (χ1v) is 8.93. The molecule has 0 aliphatic carbocycles. The number of carbonyl (C=O) groups excluding carboxylic acids is 2. The lowest BCUT2D eigenvalue weighted by molar-refractivity contribution is -0.123. The highest BCUT2D eigenvalue weighted by atomic mass is 16.5. The number of Topliss-reactive ketones (excluding diaryl/α,β-unsaturated/α-hetero) is 1. The Hall–Kier alpha value is -1.72. The van der Waals surface area contributed by atoms with Crippen LogP contribution in [0.5, 0.6) is 0 Å². The Balaban J connectivity index is 1.46. The van der Waals surface area contributed by atoms with E-state index in [9.17, 15) is 9.59 Å². The third-order valence-electron chi connectivity index (χ3n) is 4.91. The van der Waals surface area contributed by atoms with Crippen LogP contribution in [-0.4, -0.2) is 55.0 Å². The smallest absolute Gasteiger partial charge is 0.234 e. The highest BCUT2D eigenvalue weighted by molar-refractivity contribution is 5.96. The van der Waals surface area contributed by atoms with Gasteiger partial charge in [0.25, 0.3) is 0 Å². The minimum absolute atomic E-state index is 0.0320. The van der Waals surface area contributed by atoms with Crippen LogP contribution in [0.3, 0.4) is 0 Å². The number of hydrogen-bond acceptors (Lipinski definition) is 4. The lowest BCUT2D eigenvalue weighted by Gasteiger charge is -2.23. The zero-order chi connectivity index (χ0) is 16.8. The van der Waals surface area contributed by atoms with Gasteiger partial charge in [-0.1, -0.05) is 30.3 Å². The number of ether oxygens (including phenoxy) is 1. The van der Waals surface area contributed by atoms with E-state index in [4.69, 9.17) is 4.74 Å². The zero-order valence-electron chi connectivity index (χ0n) is 14.1. The third kappa shape index (κ3) is 4.65. The van der Waals surface area contributed by atoms with Crippen molar-refractivity contribution in [1.82, 2.24) is 10.2 Å². The number of rotatable bonds is 7. The Morgan fingerprint density at radius 2 is 2.00 bits per heavy atom. The van der Waals surface area contributed by atoms with Crippen LogP contribution < -0.4 is 5.32 Å². The number of hydrogen-bond donors (Lipinski definition) is 1. The molecule has 2 aliphatic heterocycles. The molecule has 5 nitrogen and oxygen atoms in total. The Bertz CT molecular complexity index is 555. The summed E-state index contributed by atoms with van der Waals surface area (Å²) in [6, 6.07) is 9.57. The molecule has 0 unspecified atom stereocenters. The summed E-state index contributed by atoms with van der Waals surface area (Å²) in [6.07, 6.45) is 4.80. The summed E-state index contributed by atoms with van der Waals surface area (Å²) >= 11 is 0. The van der Waals surface area contributed by atoms with Gasteiger partial charge in [-0.3, -0.25) is 14.5 Å². The van der Waals surface area contributed by atoms with Gasteiger partial charge in [-0.25, -0.2) is 0 Å². The maximum absolute atomic E-state index is 12.4. The molecule has 130 valence electrons. The number of nitrogens with one attached hydrogen (secondary N) is 1. The molecule has 2 fully saturated rings. The van der Waals surface area contributed by atoms with Crippen molar-refractivity contribution in [3.05, 3.63) is 35.9 Å². The molecular weight excluding hydrogens is 304 g/mol. The monoisotopic (exact) mass is 330 g/mol. The van der Waals surface area contributed by atoms with E-state index in [1.54, 1.807) is 0 Å². The summed E-state index contributed by atoms with van der Waals surface area (Å²) in [5.74, 6) is 0.192. The van der Waals surface area contributed by atoms with Gasteiger partial charge in [-0.2, -0.15) is 0 Å². The van der Waals surface area contributed by atoms with Crippen molar-refractivity contribution in [1.29, 1.82) is 0 Å². The maximum Gasteiger partial charge on any atom is 0.234 e. The molecule has 1 aromatic carbocycles. The van der Waals surface area contributed by atoms with Crippen molar-refractivity contribution in [3.8, 4) is 0 Å². The van der Waals surface area contributed by atoms with Crippen LogP contribution >= 0.6 is 0 Å². The van der Waals surface area contributed by atoms with Gasteiger partial charge in [0.2, 0.25) is 5.91 Å². The molecule has 0 spiro atoms. The minimum atomic E-state index is 0.0320. The van der Waals surface area contributed by atoms with Crippen molar-refractivity contribution in [3.63, 3.8) is 0 Å². The van der Waals surface area contributed by atoms with Crippen molar-refractivity contribution in [2.75, 3.05) is 26.2 Å². The molecule has 2 atom stereocenters. The molecule has 0 saturated carbocycles. The van der Waals surface area contributed by atoms with Crippen molar-refractivity contribution >= 4 is 11.7 Å². The quantitative estimate of drug-likeness (QED) is 0.777. The molecule has 1 N–H and O–H groups in total. The number of benzene rings is 1. The molecule has 0 radical (unpaired) electrons. The topological polar surface area (TPSA) is 58.6 Å². The van der Waals surface area contributed by atoms with E-state index in [2.05, 4.69) is 10.2 Å². The normalized spacial score (nSPS) is 24.2. The first-order valence-electron chi connectivity index (χ1n) is 8.93. The average molecular weight is 330 g/mol. The average Bonchev–Trinajstić information content (AvgIpc) is 3.26. The van der Waals surface area contributed by atoms with Crippen LogP contribution in [0.25, 0.3) is 0 Å². The SMILES string of the molecule is O=C(CN1CCC[C@@H]1CC(=O)c1ccccc1)NC[C@@H]1CCCO1. The fourth-order valence-electron chi connectivity index (χ4n) is 3.56. The second-order valence-corrected chi connectivity index (χ2v) is 6.70. The Morgan fingerprint density at radius 1 is 1.17 bits per heavy atom. The number of ketones is 1. The van der Waals surface area contributed by atoms with Crippen LogP contribution in [0.1, 0.15) is 42.5 Å². The highest BCUT2D eigenvalue weighted by Crippen LogP contribution is 2.21. The van der Waals surface area contributed by atoms with E-state index in [0.29, 0.717) is 19.5 Å². The zero-order valence-corrected chi connectivity index (χ0v) is 14.1. The van der Waals surface area contributed by atoms with Crippen molar-refractivity contribution in [2.24, 2.45) is 0 Å². The number of likely N-dealkylation sites (tertiary alicyclic amines) is 1. The van der Waals surface area contributed by atoms with Crippen LogP contribution in [0.4, 0.5) is 0 Å². The van der Waals surface area contributed by atoms with Gasteiger partial charge in [-0.15, -0.1) is 0 Å². The third-order valence-corrected chi connectivity index (χ3v) is 4.91. The Kier molecular flexibility index (Phi) is 5.99. The van der Waals surface area contributed by atoms with Gasteiger partial charge >= 0.3 is 0 Å². The minimum Gasteiger partial charge on any atom is -0.376 e. The fraction of sp³-hybridized carbons (Fsp3) is 0.579. The van der Waals surface area contributed by atoms with Gasteiger partial charge in [0.15, 0.2) is 5.78 Å². The summed E-state index contributed by atoms with van der Waals surface area (Å²) < 4.78 is 5.52. The molecule has 2 aliphatic rings. The largest absolute Gasteiger partial charge is 0.376 e. The maximum atomic E-state index is 12.4. The van der Waals surface area contributed by atoms with Gasteiger partial charge in [0.1, 0.15) is 0 Å². The molecule has 2 saturated heterocycles. The van der Waals surface area contributed by atoms with Crippen LogP contribution in [-0.2, 0) is 9.53 Å². The van der Waals surface area contributed by atoms with Crippen molar-refractivity contribution in [2.45, 2.75) is 44.2 Å². The Labute approximate surface area is 143 Å². The number of carbonyl (C=O) groups is 2. The fourth-order valence-corrected chi connectivity index (χ4v) is 3.56. The molecular formula is C19H26N2O3. The predicted molar refractivity (Wildman–Crippen MR) is 92.0 cm³/mol. The van der Waals surface area contributed by atoms with E-state index in [1.807, 2.05) is 30.3 Å². The summed E-state index contributed by atoms with van der Waals surface area (Å²) in [5, 5.41) is 2.97. The summed E-state index contributed by atoms with van der Waals surface area (Å²) in [7, 11) is 0. The van der Waals surface area contributed by atoms with E-state index < -0.39 is 0 Å². The van der Waals surface area contributed by atoms with Gasteiger partial charge in [-0.05, 0) is 32.2 Å². The second kappa shape index (κ2) is 8.40. The first-order chi connectivity index (χ1) is 11.7.